The fourth-order valence-electron chi connectivity index (χ4n) is 1.33. The maximum absolute atomic E-state index is 10.4. The van der Waals surface area contributed by atoms with Crippen molar-refractivity contribution < 1.29 is 19.9 Å². The lowest BCUT2D eigenvalue weighted by molar-refractivity contribution is -0.404. The van der Waals surface area contributed by atoms with Gasteiger partial charge in [-0.2, -0.15) is 0 Å². The van der Waals surface area contributed by atoms with Gasteiger partial charge < -0.3 is 5.11 Å². The zero-order valence-corrected chi connectivity index (χ0v) is 13.7. The molecule has 1 aromatic heterocycles. The highest BCUT2D eigenvalue weighted by Gasteiger charge is 2.30. The zero-order chi connectivity index (χ0) is 18.4. The molecule has 0 spiro atoms. The molecular weight excluding hydrogens is 415 g/mol. The first-order chi connectivity index (χ1) is 11.1. The number of phenolic OH excluding ortho intramolecular Hbond substituents is 1. The summed E-state index contributed by atoms with van der Waals surface area (Å²) < 4.78 is 0.835. The van der Waals surface area contributed by atoms with Gasteiger partial charge in [0.15, 0.2) is 0 Å². The number of halogens is 2. The zero-order valence-electron chi connectivity index (χ0n) is 11.3. The molecule has 0 aliphatic carbocycles. The molecule has 24 heavy (non-hydrogen) atoms. The number of nitrogens with zero attached hydrogens (tertiary/aromatic N) is 4. The van der Waals surface area contributed by atoms with Crippen LogP contribution in [0.3, 0.4) is 0 Å². The van der Waals surface area contributed by atoms with Crippen molar-refractivity contribution in [3.63, 3.8) is 0 Å². The predicted molar refractivity (Wildman–Crippen MR) is 85.0 cm³/mol. The summed E-state index contributed by atoms with van der Waals surface area (Å²) in [5, 5.41) is 40.9. The lowest BCUT2D eigenvalue weighted by Gasteiger charge is -1.97. The van der Waals surface area contributed by atoms with Crippen molar-refractivity contribution in [1.82, 2.24) is 4.98 Å². The second kappa shape index (κ2) is 8.12. The molecule has 0 amide bonds. The number of pyridine rings is 1. The summed E-state index contributed by atoms with van der Waals surface area (Å²) >= 11 is 8.82. The van der Waals surface area contributed by atoms with Crippen LogP contribution in [0.5, 0.6) is 5.75 Å². The molecule has 0 unspecified atom stereocenters. The van der Waals surface area contributed by atoms with Gasteiger partial charge >= 0.3 is 11.4 Å². The number of hydrogen-bond acceptors (Lipinski definition) is 8. The van der Waals surface area contributed by atoms with E-state index in [4.69, 9.17) is 16.7 Å². The van der Waals surface area contributed by atoms with Crippen LogP contribution in [0.15, 0.2) is 35.1 Å². The summed E-state index contributed by atoms with van der Waals surface area (Å²) in [7, 11) is 0. The maximum Gasteiger partial charge on any atom is 0.324 e. The van der Waals surface area contributed by atoms with Crippen molar-refractivity contribution in [2.75, 3.05) is 0 Å². The van der Waals surface area contributed by atoms with Crippen LogP contribution in [0.1, 0.15) is 0 Å². The third-order valence-corrected chi connectivity index (χ3v) is 3.57. The molecule has 0 radical (unpaired) electrons. The standard InChI is InChI=1S/C6H3N3O7.C5H3BrClN/c10-6-4(8(13)14)1-3(7(11)12)2-5(6)9(15)16;6-4-3-8-2-1-5(4)7/h1-2,10H;1-3H. The van der Waals surface area contributed by atoms with E-state index in [1.165, 1.54) is 0 Å². The Balaban J connectivity index is 0.000000300. The Hall–Kier alpha value is -2.86. The molecule has 0 bridgehead atoms. The van der Waals surface area contributed by atoms with Gasteiger partial charge in [0.2, 0.25) is 0 Å². The number of nitro benzene ring substituents is 3. The van der Waals surface area contributed by atoms with Crippen LogP contribution in [0.2, 0.25) is 5.02 Å². The molecule has 13 heteroatoms. The Morgan fingerprint density at radius 3 is 1.83 bits per heavy atom. The summed E-state index contributed by atoms with van der Waals surface area (Å²) in [6.45, 7) is 0. The molecule has 1 heterocycles. The molecule has 1 N–H and O–H groups in total. The minimum Gasteiger partial charge on any atom is -0.497 e. The summed E-state index contributed by atoms with van der Waals surface area (Å²) in [6.07, 6.45) is 3.30. The van der Waals surface area contributed by atoms with Crippen molar-refractivity contribution >= 4 is 44.6 Å². The number of benzene rings is 1. The number of aromatic nitrogens is 1. The van der Waals surface area contributed by atoms with Crippen molar-refractivity contribution in [2.24, 2.45) is 0 Å². The van der Waals surface area contributed by atoms with Crippen molar-refractivity contribution in [3.8, 4) is 5.75 Å². The average Bonchev–Trinajstić information content (AvgIpc) is 2.50. The molecule has 126 valence electrons. The van der Waals surface area contributed by atoms with Crippen LogP contribution >= 0.6 is 27.5 Å². The van der Waals surface area contributed by atoms with Gasteiger partial charge in [-0.05, 0) is 22.0 Å². The highest BCUT2D eigenvalue weighted by Crippen LogP contribution is 2.38. The molecule has 1 aromatic carbocycles. The SMILES string of the molecule is Clc1ccncc1Br.O=[N+]([O-])c1cc([N+](=O)[O-])c(O)c([N+](=O)[O-])c1. The van der Waals surface area contributed by atoms with E-state index < -0.39 is 37.6 Å². The lowest BCUT2D eigenvalue weighted by Crippen LogP contribution is -1.97. The van der Waals surface area contributed by atoms with Crippen LogP contribution < -0.4 is 0 Å². The van der Waals surface area contributed by atoms with E-state index >= 15 is 0 Å². The third-order valence-electron chi connectivity index (χ3n) is 2.38. The van der Waals surface area contributed by atoms with Gasteiger partial charge in [-0.3, -0.25) is 35.3 Å². The Morgan fingerprint density at radius 1 is 1.04 bits per heavy atom. The van der Waals surface area contributed by atoms with Crippen LogP contribution in [0.25, 0.3) is 0 Å². The third kappa shape index (κ3) is 4.82. The molecule has 0 saturated heterocycles. The van der Waals surface area contributed by atoms with E-state index in [2.05, 4.69) is 20.9 Å². The van der Waals surface area contributed by atoms with Gasteiger partial charge in [0.25, 0.3) is 11.4 Å². The van der Waals surface area contributed by atoms with E-state index in [-0.39, 0.29) is 0 Å². The summed E-state index contributed by atoms with van der Waals surface area (Å²) in [5.74, 6) is -1.21. The normalized spacial score (nSPS) is 9.58. The van der Waals surface area contributed by atoms with E-state index in [1.54, 1.807) is 18.5 Å². The Bertz CT molecular complexity index is 761. The fraction of sp³-hybridized carbons (Fsp3) is 0. The predicted octanol–water partition coefficient (Wildman–Crippen LogP) is 3.61. The van der Waals surface area contributed by atoms with Gasteiger partial charge in [0.1, 0.15) is 0 Å². The Labute approximate surface area is 146 Å². The van der Waals surface area contributed by atoms with Crippen LogP contribution in [-0.2, 0) is 0 Å². The van der Waals surface area contributed by atoms with Gasteiger partial charge in [-0.15, -0.1) is 0 Å². The monoisotopic (exact) mass is 420 g/mol. The van der Waals surface area contributed by atoms with Gasteiger partial charge in [-0.25, -0.2) is 0 Å². The van der Waals surface area contributed by atoms with Gasteiger partial charge in [0, 0.05) is 12.4 Å². The first-order valence-electron chi connectivity index (χ1n) is 5.70. The molecule has 0 fully saturated rings. The van der Waals surface area contributed by atoms with Crippen LogP contribution in [0.4, 0.5) is 17.1 Å². The minimum absolute atomic E-state index is 0.447. The van der Waals surface area contributed by atoms with Crippen LogP contribution in [-0.4, -0.2) is 24.9 Å². The van der Waals surface area contributed by atoms with Gasteiger partial charge in [0.05, 0.1) is 36.4 Å². The molecule has 11 nitrogen and oxygen atoms in total. The first-order valence-corrected chi connectivity index (χ1v) is 6.87. The maximum atomic E-state index is 10.4. The number of nitro groups is 3. The number of phenols is 1. The van der Waals surface area contributed by atoms with Crippen molar-refractivity contribution in [3.05, 3.63) is 70.4 Å². The van der Waals surface area contributed by atoms with Gasteiger partial charge in [-0.1, -0.05) is 11.6 Å². The molecule has 0 saturated carbocycles. The molecular formula is C11H6BrClN4O7. The lowest BCUT2D eigenvalue weighted by atomic mass is 10.2. The van der Waals surface area contributed by atoms with E-state index in [0.29, 0.717) is 17.2 Å². The first kappa shape index (κ1) is 19.2. The van der Waals surface area contributed by atoms with Crippen LogP contribution in [0, 0.1) is 30.3 Å². The Kier molecular flexibility index (Phi) is 6.49. The number of hydrogen-bond donors (Lipinski definition) is 1. The largest absolute Gasteiger partial charge is 0.497 e. The quantitative estimate of drug-likeness (QED) is 0.580. The summed E-state index contributed by atoms with van der Waals surface area (Å²) in [6, 6.07) is 2.62. The van der Waals surface area contributed by atoms with E-state index in [9.17, 15) is 30.3 Å². The minimum atomic E-state index is -1.21. The second-order valence-electron chi connectivity index (χ2n) is 3.89. The number of non-ortho nitro benzene ring substituents is 1. The molecule has 0 aliphatic rings. The molecule has 2 aromatic rings. The highest BCUT2D eigenvalue weighted by molar-refractivity contribution is 9.10. The number of aromatic hydroxyl groups is 1. The fourth-order valence-corrected chi connectivity index (χ4v) is 1.69. The molecule has 0 atom stereocenters. The van der Waals surface area contributed by atoms with E-state index in [0.717, 1.165) is 4.47 Å². The number of rotatable bonds is 3. The van der Waals surface area contributed by atoms with E-state index in [1.807, 2.05) is 0 Å². The second-order valence-corrected chi connectivity index (χ2v) is 5.16. The van der Waals surface area contributed by atoms with Crippen molar-refractivity contribution in [1.29, 1.82) is 0 Å². The topological polar surface area (TPSA) is 163 Å². The molecule has 2 rings (SSSR count). The summed E-state index contributed by atoms with van der Waals surface area (Å²) in [4.78, 5) is 31.6. The summed E-state index contributed by atoms with van der Waals surface area (Å²) in [5.41, 5.74) is -3.00. The Morgan fingerprint density at radius 2 is 1.54 bits per heavy atom. The highest BCUT2D eigenvalue weighted by atomic mass is 79.9. The smallest absolute Gasteiger partial charge is 0.324 e. The average molecular weight is 422 g/mol. The van der Waals surface area contributed by atoms with Crippen molar-refractivity contribution in [2.45, 2.75) is 0 Å². The molecule has 0 aliphatic heterocycles.